The van der Waals surface area contributed by atoms with Crippen LogP contribution < -0.4 is 14.2 Å². The molecule has 2 fully saturated rings. The topological polar surface area (TPSA) is 135 Å². The van der Waals surface area contributed by atoms with Crippen LogP contribution >= 0.6 is 0 Å². The Labute approximate surface area is 420 Å². The molecule has 3 aromatic carbocycles. The molecule has 0 amide bonds. The lowest BCUT2D eigenvalue weighted by Gasteiger charge is -2.37. The smallest absolute Gasteiger partial charge is 0.343 e. The Morgan fingerprint density at radius 3 is 1.60 bits per heavy atom. The number of unbranched alkanes of at least 4 members (excludes halogenated alkanes) is 9. The third-order valence-electron chi connectivity index (χ3n) is 14.5. The van der Waals surface area contributed by atoms with Gasteiger partial charge in [-0.3, -0.25) is 9.59 Å². The number of ether oxygens (including phenoxy) is 5. The van der Waals surface area contributed by atoms with E-state index in [0.717, 1.165) is 99.5 Å². The summed E-state index contributed by atoms with van der Waals surface area (Å²) in [6, 6.07) is 17.1. The number of phenolic OH excluding ortho intramolecular Hbond substituents is 1. The number of rotatable bonds is 26. The van der Waals surface area contributed by atoms with Gasteiger partial charge in [-0.05, 0) is 160 Å². The molecule has 0 spiro atoms. The van der Waals surface area contributed by atoms with Crippen molar-refractivity contribution in [3.63, 3.8) is 0 Å². The van der Waals surface area contributed by atoms with E-state index in [1.54, 1.807) is 60.7 Å². The maximum Gasteiger partial charge on any atom is 0.343 e. The van der Waals surface area contributed by atoms with Gasteiger partial charge in [0.15, 0.2) is 0 Å². The molecule has 2 aliphatic rings. The summed E-state index contributed by atoms with van der Waals surface area (Å²) in [4.78, 5) is 51.0. The van der Waals surface area contributed by atoms with Gasteiger partial charge in [0, 0.05) is 17.5 Å². The van der Waals surface area contributed by atoms with Crippen LogP contribution in [-0.2, 0) is 29.9 Å². The fourth-order valence-electron chi connectivity index (χ4n) is 10.1. The van der Waals surface area contributed by atoms with Crippen LogP contribution in [0.2, 0.25) is 0 Å². The summed E-state index contributed by atoms with van der Waals surface area (Å²) in [7, 11) is 0. The molecule has 10 heteroatoms. The van der Waals surface area contributed by atoms with E-state index in [4.69, 9.17) is 23.7 Å². The Morgan fingerprint density at radius 2 is 1.03 bits per heavy atom. The van der Waals surface area contributed by atoms with Crippen molar-refractivity contribution in [2.75, 3.05) is 19.8 Å². The van der Waals surface area contributed by atoms with E-state index < -0.39 is 11.9 Å². The molecule has 0 saturated heterocycles. The van der Waals surface area contributed by atoms with Gasteiger partial charge in [0.2, 0.25) is 0 Å². The van der Waals surface area contributed by atoms with Gasteiger partial charge in [0.05, 0.1) is 36.9 Å². The van der Waals surface area contributed by atoms with E-state index in [1.807, 2.05) is 41.5 Å². The van der Waals surface area contributed by atoms with Crippen LogP contribution in [0.25, 0.3) is 0 Å². The van der Waals surface area contributed by atoms with Crippen molar-refractivity contribution >= 4 is 23.9 Å². The standard InChI is InChI=1S/C60H86O10/c1-8-9-15-20-43-22-24-44(25-23-43)45-26-28-46(29-27-45)57(64)69-50-34-36-51(37-35-50)70-58(65)47-30-32-49(33-31-47)66-38-17-12-10-11-13-18-39-67-54(61)21-16-14-19-40-68-56(63)48-41-52(59(2,3)4)55(62)53(42-48)60(5,6)7/h30-37,41-46,62H,8-29,38-40H2,1-7H3. The van der Waals surface area contributed by atoms with Crippen molar-refractivity contribution in [1.82, 2.24) is 0 Å². The molecule has 0 heterocycles. The molecule has 0 atom stereocenters. The molecule has 0 aliphatic heterocycles. The lowest BCUT2D eigenvalue weighted by molar-refractivity contribution is -0.144. The second-order valence-electron chi connectivity index (χ2n) is 22.3. The average molecular weight is 967 g/mol. The Morgan fingerprint density at radius 1 is 0.529 bits per heavy atom. The maximum atomic E-state index is 13.0. The minimum Gasteiger partial charge on any atom is -0.507 e. The highest BCUT2D eigenvalue weighted by molar-refractivity contribution is 5.91. The van der Waals surface area contributed by atoms with Crippen molar-refractivity contribution in [3.05, 3.63) is 82.9 Å². The minimum absolute atomic E-state index is 0.0525. The quantitative estimate of drug-likeness (QED) is 0.0471. The van der Waals surface area contributed by atoms with E-state index in [-0.39, 0.29) is 41.0 Å². The number of hydrogen-bond donors (Lipinski definition) is 1. The molecule has 2 aliphatic carbocycles. The molecule has 2 saturated carbocycles. The fourth-order valence-corrected chi connectivity index (χ4v) is 10.1. The molecule has 3 aromatic rings. The molecule has 0 unspecified atom stereocenters. The normalized spacial score (nSPS) is 18.4. The van der Waals surface area contributed by atoms with Crippen LogP contribution in [0, 0.1) is 23.7 Å². The average Bonchev–Trinajstić information content (AvgIpc) is 3.33. The number of aromatic hydroxyl groups is 1. The van der Waals surface area contributed by atoms with Crippen LogP contribution in [0.1, 0.15) is 222 Å². The van der Waals surface area contributed by atoms with Crippen molar-refractivity contribution < 1.29 is 48.0 Å². The summed E-state index contributed by atoms with van der Waals surface area (Å²) in [6.45, 7) is 15.6. The van der Waals surface area contributed by atoms with Crippen LogP contribution in [0.3, 0.4) is 0 Å². The SMILES string of the molecule is CCCCCC1CCC(C2CCC(C(=O)Oc3ccc(OC(=O)c4ccc(OCCCCCCCCOC(=O)CCCCCOC(=O)c5cc(C(C)(C)C)c(O)c(C(C)(C)C)c5)cc4)cc3)CC2)CC1. The molecule has 386 valence electrons. The first-order valence-corrected chi connectivity index (χ1v) is 27.0. The third kappa shape index (κ3) is 18.7. The van der Waals surface area contributed by atoms with Crippen LogP contribution in [-0.4, -0.2) is 48.8 Å². The zero-order chi connectivity index (χ0) is 50.5. The molecule has 1 N–H and O–H groups in total. The summed E-state index contributed by atoms with van der Waals surface area (Å²) >= 11 is 0. The lowest BCUT2D eigenvalue weighted by Crippen LogP contribution is -2.30. The van der Waals surface area contributed by atoms with Gasteiger partial charge in [0.25, 0.3) is 0 Å². The van der Waals surface area contributed by atoms with Crippen LogP contribution in [0.4, 0.5) is 0 Å². The van der Waals surface area contributed by atoms with Crippen molar-refractivity contribution in [2.24, 2.45) is 23.7 Å². The maximum absolute atomic E-state index is 13.0. The van der Waals surface area contributed by atoms with Gasteiger partial charge in [0.1, 0.15) is 23.0 Å². The Balaban J connectivity index is 0.844. The number of hydrogen-bond acceptors (Lipinski definition) is 10. The van der Waals surface area contributed by atoms with Gasteiger partial charge in [-0.25, -0.2) is 9.59 Å². The molecule has 70 heavy (non-hydrogen) atoms. The van der Waals surface area contributed by atoms with Gasteiger partial charge < -0.3 is 28.8 Å². The monoisotopic (exact) mass is 967 g/mol. The van der Waals surface area contributed by atoms with Crippen molar-refractivity contribution in [1.29, 1.82) is 0 Å². The van der Waals surface area contributed by atoms with E-state index in [1.165, 1.54) is 51.4 Å². The number of carbonyl (C=O) groups is 4. The highest BCUT2D eigenvalue weighted by Crippen LogP contribution is 2.43. The zero-order valence-electron chi connectivity index (χ0n) is 43.9. The summed E-state index contributed by atoms with van der Waals surface area (Å²) in [5.74, 6) is 2.99. The van der Waals surface area contributed by atoms with Gasteiger partial charge in [-0.1, -0.05) is 113 Å². The molecule has 0 radical (unpaired) electrons. The van der Waals surface area contributed by atoms with E-state index in [9.17, 15) is 24.3 Å². The summed E-state index contributed by atoms with van der Waals surface area (Å²) in [5, 5.41) is 10.9. The number of phenols is 1. The van der Waals surface area contributed by atoms with E-state index in [2.05, 4.69) is 6.92 Å². The fraction of sp³-hybridized carbons (Fsp3) is 0.633. The number of esters is 4. The Kier molecular flexibility index (Phi) is 22.6. The molecule has 10 nitrogen and oxygen atoms in total. The first kappa shape index (κ1) is 56.1. The van der Waals surface area contributed by atoms with E-state index >= 15 is 0 Å². The second-order valence-corrected chi connectivity index (χ2v) is 22.3. The largest absolute Gasteiger partial charge is 0.507 e. The summed E-state index contributed by atoms with van der Waals surface area (Å²) in [6.07, 6.45) is 23.3. The highest BCUT2D eigenvalue weighted by atomic mass is 16.5. The molecule has 0 bridgehead atoms. The predicted octanol–water partition coefficient (Wildman–Crippen LogP) is 15.0. The van der Waals surface area contributed by atoms with Crippen molar-refractivity contribution in [2.45, 2.75) is 201 Å². The van der Waals surface area contributed by atoms with Gasteiger partial charge in [-0.2, -0.15) is 0 Å². The van der Waals surface area contributed by atoms with Crippen LogP contribution in [0.15, 0.2) is 60.7 Å². The molecular weight excluding hydrogens is 881 g/mol. The summed E-state index contributed by atoms with van der Waals surface area (Å²) in [5.41, 5.74) is 1.62. The first-order chi connectivity index (χ1) is 33.5. The minimum atomic E-state index is -0.474. The molecule has 0 aromatic heterocycles. The lowest BCUT2D eigenvalue weighted by atomic mass is 9.68. The third-order valence-corrected chi connectivity index (χ3v) is 14.5. The van der Waals surface area contributed by atoms with Crippen LogP contribution in [0.5, 0.6) is 23.0 Å². The Hall–Kier alpha value is -4.86. The summed E-state index contributed by atoms with van der Waals surface area (Å²) < 4.78 is 28.2. The predicted molar refractivity (Wildman–Crippen MR) is 277 cm³/mol. The zero-order valence-corrected chi connectivity index (χ0v) is 43.9. The number of benzene rings is 3. The molecular formula is C60H86O10. The number of carbonyl (C=O) groups excluding carboxylic acids is 4. The van der Waals surface area contributed by atoms with Gasteiger partial charge >= 0.3 is 23.9 Å². The van der Waals surface area contributed by atoms with Crippen molar-refractivity contribution in [3.8, 4) is 23.0 Å². The molecule has 5 rings (SSSR count). The second kappa shape index (κ2) is 28.2. The first-order valence-electron chi connectivity index (χ1n) is 27.0. The highest BCUT2D eigenvalue weighted by Gasteiger charge is 2.34. The van der Waals surface area contributed by atoms with Gasteiger partial charge in [-0.15, -0.1) is 0 Å². The van der Waals surface area contributed by atoms with E-state index in [0.29, 0.717) is 60.9 Å². The Bertz CT molecular complexity index is 2020.